The number of rotatable bonds is 7. The fourth-order valence-corrected chi connectivity index (χ4v) is 4.94. The van der Waals surface area contributed by atoms with Crippen molar-refractivity contribution in [3.05, 3.63) is 35.9 Å². The maximum absolute atomic E-state index is 8.73. The van der Waals surface area contributed by atoms with E-state index in [1.165, 1.54) is 5.56 Å². The Morgan fingerprint density at radius 1 is 1.22 bits per heavy atom. The highest BCUT2D eigenvalue weighted by Gasteiger charge is 2.36. The lowest BCUT2D eigenvalue weighted by Crippen LogP contribution is -2.41. The van der Waals surface area contributed by atoms with E-state index < -0.39 is 8.56 Å². The predicted octanol–water partition coefficient (Wildman–Crippen LogP) is 3.44. The van der Waals surface area contributed by atoms with Crippen molar-refractivity contribution in [3.8, 4) is 6.07 Å². The van der Waals surface area contributed by atoms with Crippen molar-refractivity contribution in [2.75, 3.05) is 14.2 Å². The van der Waals surface area contributed by atoms with Crippen LogP contribution < -0.4 is 0 Å². The van der Waals surface area contributed by atoms with Crippen molar-refractivity contribution in [3.63, 3.8) is 0 Å². The molecule has 1 unspecified atom stereocenters. The molecule has 0 saturated heterocycles. The SMILES string of the molecule is CO[Si](CCC#N)(CC(C)c1ccccc1)OC. The zero-order valence-electron chi connectivity index (χ0n) is 11.3. The molecule has 0 aliphatic heterocycles. The summed E-state index contributed by atoms with van der Waals surface area (Å²) in [5.74, 6) is 0.386. The normalized spacial score (nSPS) is 13.0. The van der Waals surface area contributed by atoms with Gasteiger partial charge < -0.3 is 8.85 Å². The highest BCUT2D eigenvalue weighted by atomic mass is 28.4. The molecule has 1 aromatic carbocycles. The minimum absolute atomic E-state index is 0.386. The molecule has 18 heavy (non-hydrogen) atoms. The Kier molecular flexibility index (Phi) is 6.06. The van der Waals surface area contributed by atoms with E-state index in [9.17, 15) is 0 Å². The maximum atomic E-state index is 8.73. The summed E-state index contributed by atoms with van der Waals surface area (Å²) < 4.78 is 11.3. The Balaban J connectivity index is 2.75. The predicted molar refractivity (Wildman–Crippen MR) is 74.5 cm³/mol. The van der Waals surface area contributed by atoms with Crippen LogP contribution in [0.25, 0.3) is 0 Å². The Hall–Kier alpha value is -1.15. The molecule has 0 saturated carbocycles. The van der Waals surface area contributed by atoms with Crippen LogP contribution in [0.1, 0.15) is 24.8 Å². The van der Waals surface area contributed by atoms with Crippen LogP contribution in [0.5, 0.6) is 0 Å². The Morgan fingerprint density at radius 3 is 2.33 bits per heavy atom. The highest BCUT2D eigenvalue weighted by molar-refractivity contribution is 6.67. The van der Waals surface area contributed by atoms with Gasteiger partial charge in [-0.3, -0.25) is 0 Å². The topological polar surface area (TPSA) is 42.2 Å². The van der Waals surface area contributed by atoms with Crippen molar-refractivity contribution in [2.24, 2.45) is 0 Å². The molecule has 3 nitrogen and oxygen atoms in total. The number of hydrogen-bond donors (Lipinski definition) is 0. The molecule has 1 atom stereocenters. The van der Waals surface area contributed by atoms with Crippen molar-refractivity contribution in [1.82, 2.24) is 0 Å². The van der Waals surface area contributed by atoms with E-state index in [1.807, 2.05) is 18.2 Å². The van der Waals surface area contributed by atoms with Crippen molar-refractivity contribution in [2.45, 2.75) is 31.4 Å². The van der Waals surface area contributed by atoms with Crippen LogP contribution in [0.2, 0.25) is 12.1 Å². The van der Waals surface area contributed by atoms with Gasteiger partial charge in [-0.15, -0.1) is 0 Å². The largest absolute Gasteiger partial charge is 0.398 e. The van der Waals surface area contributed by atoms with Gasteiger partial charge in [0.2, 0.25) is 0 Å². The molecule has 0 radical (unpaired) electrons. The first-order chi connectivity index (χ1) is 8.67. The van der Waals surface area contributed by atoms with E-state index in [4.69, 9.17) is 14.1 Å². The molecule has 0 aliphatic rings. The summed E-state index contributed by atoms with van der Waals surface area (Å²) in [5.41, 5.74) is 1.29. The minimum Gasteiger partial charge on any atom is -0.398 e. The fraction of sp³-hybridized carbons (Fsp3) is 0.500. The quantitative estimate of drug-likeness (QED) is 0.708. The summed E-state index contributed by atoms with van der Waals surface area (Å²) in [5, 5.41) is 8.73. The molecular weight excluding hydrogens is 242 g/mol. The van der Waals surface area contributed by atoms with Gasteiger partial charge in [-0.2, -0.15) is 5.26 Å². The maximum Gasteiger partial charge on any atom is 0.339 e. The first kappa shape index (κ1) is 14.9. The summed E-state index contributed by atoms with van der Waals surface area (Å²) in [6, 6.07) is 14.1. The van der Waals surface area contributed by atoms with Gasteiger partial charge in [0.25, 0.3) is 0 Å². The number of benzene rings is 1. The molecule has 0 bridgehead atoms. The molecule has 1 aromatic rings. The first-order valence-electron chi connectivity index (χ1n) is 6.19. The zero-order valence-corrected chi connectivity index (χ0v) is 12.3. The van der Waals surface area contributed by atoms with Crippen LogP contribution in [-0.4, -0.2) is 22.8 Å². The van der Waals surface area contributed by atoms with Crippen molar-refractivity contribution in [1.29, 1.82) is 5.26 Å². The second-order valence-electron chi connectivity index (χ2n) is 4.49. The molecule has 0 amide bonds. The lowest BCUT2D eigenvalue weighted by atomic mass is 10.0. The van der Waals surface area contributed by atoms with Crippen molar-refractivity contribution >= 4 is 8.56 Å². The van der Waals surface area contributed by atoms with E-state index >= 15 is 0 Å². The van der Waals surface area contributed by atoms with Gasteiger partial charge in [-0.1, -0.05) is 37.3 Å². The summed E-state index contributed by atoms with van der Waals surface area (Å²) in [4.78, 5) is 0. The standard InChI is InChI=1S/C14H21NO2Si/c1-13(14-8-5-4-6-9-14)12-18(16-2,17-3)11-7-10-15/h4-6,8-9,13H,7,11-12H2,1-3H3. The smallest absolute Gasteiger partial charge is 0.339 e. The molecule has 98 valence electrons. The molecular formula is C14H21NO2Si. The van der Waals surface area contributed by atoms with E-state index in [-0.39, 0.29) is 0 Å². The van der Waals surface area contributed by atoms with Crippen LogP contribution in [0.4, 0.5) is 0 Å². The summed E-state index contributed by atoms with van der Waals surface area (Å²) >= 11 is 0. The monoisotopic (exact) mass is 263 g/mol. The lowest BCUT2D eigenvalue weighted by Gasteiger charge is -2.29. The number of hydrogen-bond acceptors (Lipinski definition) is 3. The average molecular weight is 263 g/mol. The summed E-state index contributed by atoms with van der Waals surface area (Å²) in [6.07, 6.45) is 0.495. The van der Waals surface area contributed by atoms with E-state index in [2.05, 4.69) is 25.1 Å². The third-order valence-corrected chi connectivity index (χ3v) is 7.08. The Labute approximate surface area is 111 Å². The molecule has 1 rings (SSSR count). The van der Waals surface area contributed by atoms with Gasteiger partial charge >= 0.3 is 8.56 Å². The van der Waals surface area contributed by atoms with Crippen LogP contribution in [0.15, 0.2) is 30.3 Å². The van der Waals surface area contributed by atoms with Gasteiger partial charge in [-0.25, -0.2) is 0 Å². The van der Waals surface area contributed by atoms with Crippen LogP contribution >= 0.6 is 0 Å². The molecule has 0 fully saturated rings. The van der Waals surface area contributed by atoms with Crippen LogP contribution in [0, 0.1) is 11.3 Å². The van der Waals surface area contributed by atoms with Gasteiger partial charge in [-0.05, 0) is 17.5 Å². The lowest BCUT2D eigenvalue weighted by molar-refractivity contribution is 0.239. The first-order valence-corrected chi connectivity index (χ1v) is 8.42. The zero-order chi connectivity index (χ0) is 13.4. The second kappa shape index (κ2) is 7.32. The third kappa shape index (κ3) is 3.95. The van der Waals surface area contributed by atoms with Gasteiger partial charge in [0.15, 0.2) is 0 Å². The van der Waals surface area contributed by atoms with Crippen molar-refractivity contribution < 1.29 is 8.85 Å². The summed E-state index contributed by atoms with van der Waals surface area (Å²) in [7, 11) is 1.17. The van der Waals surface area contributed by atoms with Gasteiger partial charge in [0.05, 0.1) is 6.07 Å². The van der Waals surface area contributed by atoms with E-state index in [0.717, 1.165) is 12.1 Å². The van der Waals surface area contributed by atoms with E-state index in [0.29, 0.717) is 12.3 Å². The number of nitriles is 1. The summed E-state index contributed by atoms with van der Waals surface area (Å²) in [6.45, 7) is 2.18. The molecule has 0 N–H and O–H groups in total. The molecule has 0 heterocycles. The molecule has 0 spiro atoms. The van der Waals surface area contributed by atoms with E-state index in [1.54, 1.807) is 14.2 Å². The Morgan fingerprint density at radius 2 is 1.83 bits per heavy atom. The van der Waals surface area contributed by atoms with Gasteiger partial charge in [0.1, 0.15) is 0 Å². The average Bonchev–Trinajstić information content (AvgIpc) is 2.44. The highest BCUT2D eigenvalue weighted by Crippen LogP contribution is 2.30. The molecule has 0 aliphatic carbocycles. The minimum atomic E-state index is -2.23. The Bertz CT molecular complexity index is 385. The molecule has 0 aromatic heterocycles. The number of nitrogens with zero attached hydrogens (tertiary/aromatic N) is 1. The van der Waals surface area contributed by atoms with Gasteiger partial charge in [0, 0.05) is 26.7 Å². The van der Waals surface area contributed by atoms with Crippen LogP contribution in [-0.2, 0) is 8.85 Å². The third-order valence-electron chi connectivity index (χ3n) is 3.35. The molecule has 4 heteroatoms. The van der Waals surface area contributed by atoms with Crippen LogP contribution in [0.3, 0.4) is 0 Å². The fourth-order valence-electron chi connectivity index (χ4n) is 2.17. The second-order valence-corrected chi connectivity index (χ2v) is 8.04.